The van der Waals surface area contributed by atoms with Gasteiger partial charge in [0, 0.05) is 30.1 Å². The molecule has 3 N–H and O–H groups in total. The average molecular weight is 389 g/mol. The molecular weight excluding hydrogens is 366 g/mol. The molecule has 0 radical (unpaired) electrons. The van der Waals surface area contributed by atoms with E-state index in [4.69, 9.17) is 0 Å². The predicted octanol–water partition coefficient (Wildman–Crippen LogP) is 4.36. The van der Waals surface area contributed by atoms with Gasteiger partial charge in [-0.1, -0.05) is 6.07 Å². The van der Waals surface area contributed by atoms with E-state index in [1.165, 1.54) is 6.92 Å². The lowest BCUT2D eigenvalue weighted by molar-refractivity contribution is -0.114. The molecule has 7 nitrogen and oxygen atoms in total. The minimum Gasteiger partial charge on any atom is -0.340 e. The standard InChI is InChI=1S/C22H23N5O2/c1-13-9-14(2)11-19(10-13)27-22(29)20-12-21(24-15(3)23-20)26-18-7-5-17(6-8-18)25-16(4)28/h5-12H,1-4H3,(H,25,28)(H,27,29)(H,23,24,26). The molecule has 0 aliphatic rings. The lowest BCUT2D eigenvalue weighted by Gasteiger charge is -2.11. The van der Waals surface area contributed by atoms with E-state index in [2.05, 4.69) is 25.9 Å². The maximum atomic E-state index is 12.7. The zero-order valence-corrected chi connectivity index (χ0v) is 16.8. The minimum absolute atomic E-state index is 0.128. The third kappa shape index (κ3) is 5.62. The molecule has 0 spiro atoms. The van der Waals surface area contributed by atoms with Crippen molar-refractivity contribution in [2.75, 3.05) is 16.0 Å². The first-order valence-corrected chi connectivity index (χ1v) is 9.18. The van der Waals surface area contributed by atoms with Crippen molar-refractivity contribution in [1.82, 2.24) is 9.97 Å². The van der Waals surface area contributed by atoms with E-state index in [0.717, 1.165) is 22.5 Å². The number of benzene rings is 2. The van der Waals surface area contributed by atoms with Crippen LogP contribution in [0.25, 0.3) is 0 Å². The van der Waals surface area contributed by atoms with Gasteiger partial charge in [-0.2, -0.15) is 0 Å². The molecule has 7 heteroatoms. The number of rotatable bonds is 5. The zero-order chi connectivity index (χ0) is 21.0. The highest BCUT2D eigenvalue weighted by Gasteiger charge is 2.12. The van der Waals surface area contributed by atoms with Crippen molar-refractivity contribution in [3.05, 3.63) is 71.2 Å². The van der Waals surface area contributed by atoms with Crippen LogP contribution in [0.3, 0.4) is 0 Å². The Morgan fingerprint density at radius 2 is 1.38 bits per heavy atom. The molecule has 2 aromatic carbocycles. The van der Waals surface area contributed by atoms with Crippen molar-refractivity contribution in [2.24, 2.45) is 0 Å². The van der Waals surface area contributed by atoms with Crippen LogP contribution in [0.15, 0.2) is 48.5 Å². The monoisotopic (exact) mass is 389 g/mol. The summed E-state index contributed by atoms with van der Waals surface area (Å²) in [6, 6.07) is 14.7. The van der Waals surface area contributed by atoms with Crippen molar-refractivity contribution in [3.8, 4) is 0 Å². The summed E-state index contributed by atoms with van der Waals surface area (Å²) in [5, 5.41) is 8.76. The average Bonchev–Trinajstić information content (AvgIpc) is 2.61. The van der Waals surface area contributed by atoms with Crippen LogP contribution in [0.2, 0.25) is 0 Å². The summed E-state index contributed by atoms with van der Waals surface area (Å²) in [4.78, 5) is 32.4. The van der Waals surface area contributed by atoms with Gasteiger partial charge in [-0.15, -0.1) is 0 Å². The second-order valence-electron chi connectivity index (χ2n) is 6.90. The van der Waals surface area contributed by atoms with Crippen LogP contribution < -0.4 is 16.0 Å². The molecule has 0 bridgehead atoms. The van der Waals surface area contributed by atoms with Crippen molar-refractivity contribution in [1.29, 1.82) is 0 Å². The highest BCUT2D eigenvalue weighted by Crippen LogP contribution is 2.19. The van der Waals surface area contributed by atoms with Crippen LogP contribution in [-0.2, 0) is 4.79 Å². The van der Waals surface area contributed by atoms with Crippen LogP contribution >= 0.6 is 0 Å². The summed E-state index contributed by atoms with van der Waals surface area (Å²) in [6.45, 7) is 7.16. The van der Waals surface area contributed by atoms with Crippen LogP contribution in [0.1, 0.15) is 34.4 Å². The first-order chi connectivity index (χ1) is 13.8. The van der Waals surface area contributed by atoms with Gasteiger partial charge in [-0.3, -0.25) is 9.59 Å². The molecule has 0 atom stereocenters. The molecule has 3 rings (SSSR count). The number of hydrogen-bond donors (Lipinski definition) is 3. The Kier molecular flexibility index (Phi) is 5.87. The number of nitrogens with zero attached hydrogens (tertiary/aromatic N) is 2. The molecule has 0 aliphatic heterocycles. The van der Waals surface area contributed by atoms with Gasteiger partial charge in [-0.25, -0.2) is 9.97 Å². The van der Waals surface area contributed by atoms with Gasteiger partial charge < -0.3 is 16.0 Å². The van der Waals surface area contributed by atoms with E-state index in [-0.39, 0.29) is 17.5 Å². The summed E-state index contributed by atoms with van der Waals surface area (Å²) >= 11 is 0. The molecule has 0 unspecified atom stereocenters. The first-order valence-electron chi connectivity index (χ1n) is 9.18. The van der Waals surface area contributed by atoms with E-state index in [0.29, 0.717) is 17.3 Å². The van der Waals surface area contributed by atoms with Crippen LogP contribution in [-0.4, -0.2) is 21.8 Å². The quantitative estimate of drug-likeness (QED) is 0.603. The molecule has 0 saturated heterocycles. The Morgan fingerprint density at radius 1 is 0.759 bits per heavy atom. The first kappa shape index (κ1) is 20.0. The molecule has 0 saturated carbocycles. The molecule has 0 aliphatic carbocycles. The highest BCUT2D eigenvalue weighted by atomic mass is 16.2. The number of nitrogens with one attached hydrogen (secondary N) is 3. The Hall–Kier alpha value is -3.74. The van der Waals surface area contributed by atoms with Crippen molar-refractivity contribution >= 4 is 34.7 Å². The van der Waals surface area contributed by atoms with Gasteiger partial charge >= 0.3 is 0 Å². The molecule has 1 aromatic heterocycles. The van der Waals surface area contributed by atoms with Crippen molar-refractivity contribution in [2.45, 2.75) is 27.7 Å². The Bertz CT molecular complexity index is 1040. The smallest absolute Gasteiger partial charge is 0.274 e. The molecule has 1 heterocycles. The van der Waals surface area contributed by atoms with E-state index < -0.39 is 0 Å². The van der Waals surface area contributed by atoms with Gasteiger partial charge in [0.2, 0.25) is 5.91 Å². The van der Waals surface area contributed by atoms with E-state index in [9.17, 15) is 9.59 Å². The summed E-state index contributed by atoms with van der Waals surface area (Å²) in [5.41, 5.74) is 4.63. The number of aryl methyl sites for hydroxylation is 3. The normalized spacial score (nSPS) is 10.3. The number of aromatic nitrogens is 2. The lowest BCUT2D eigenvalue weighted by Crippen LogP contribution is -2.15. The number of anilines is 4. The molecule has 148 valence electrons. The number of carbonyl (C=O) groups excluding carboxylic acids is 2. The van der Waals surface area contributed by atoms with E-state index in [1.54, 1.807) is 25.1 Å². The van der Waals surface area contributed by atoms with Gasteiger partial charge in [0.05, 0.1) is 0 Å². The predicted molar refractivity (Wildman–Crippen MR) is 115 cm³/mol. The van der Waals surface area contributed by atoms with Gasteiger partial charge in [-0.05, 0) is 68.3 Å². The summed E-state index contributed by atoms with van der Waals surface area (Å²) in [5.74, 6) is 0.562. The molecule has 29 heavy (non-hydrogen) atoms. The minimum atomic E-state index is -0.301. The number of hydrogen-bond acceptors (Lipinski definition) is 5. The Labute approximate surface area is 169 Å². The maximum Gasteiger partial charge on any atom is 0.274 e. The van der Waals surface area contributed by atoms with Gasteiger partial charge in [0.1, 0.15) is 17.3 Å². The molecule has 3 aromatic rings. The topological polar surface area (TPSA) is 96.0 Å². The zero-order valence-electron chi connectivity index (χ0n) is 16.8. The van der Waals surface area contributed by atoms with Crippen LogP contribution in [0.4, 0.5) is 22.9 Å². The molecule has 0 fully saturated rings. The third-order valence-electron chi connectivity index (χ3n) is 4.03. The SMILES string of the molecule is CC(=O)Nc1ccc(Nc2cc(C(=O)Nc3cc(C)cc(C)c3)nc(C)n2)cc1. The highest BCUT2D eigenvalue weighted by molar-refractivity contribution is 6.03. The van der Waals surface area contributed by atoms with E-state index >= 15 is 0 Å². The Morgan fingerprint density at radius 3 is 2.00 bits per heavy atom. The molecular formula is C22H23N5O2. The fourth-order valence-electron chi connectivity index (χ4n) is 2.98. The van der Waals surface area contributed by atoms with Crippen molar-refractivity contribution < 1.29 is 9.59 Å². The lowest BCUT2D eigenvalue weighted by atomic mass is 10.1. The summed E-state index contributed by atoms with van der Waals surface area (Å²) < 4.78 is 0. The summed E-state index contributed by atoms with van der Waals surface area (Å²) in [7, 11) is 0. The maximum absolute atomic E-state index is 12.7. The van der Waals surface area contributed by atoms with Crippen LogP contribution in [0, 0.1) is 20.8 Å². The molecule has 2 amide bonds. The van der Waals surface area contributed by atoms with Crippen LogP contribution in [0.5, 0.6) is 0 Å². The van der Waals surface area contributed by atoms with E-state index in [1.807, 2.05) is 44.2 Å². The van der Waals surface area contributed by atoms with Gasteiger partial charge in [0.15, 0.2) is 0 Å². The second kappa shape index (κ2) is 8.52. The second-order valence-corrected chi connectivity index (χ2v) is 6.90. The van der Waals surface area contributed by atoms with Gasteiger partial charge in [0.25, 0.3) is 5.91 Å². The fourth-order valence-corrected chi connectivity index (χ4v) is 2.98. The summed E-state index contributed by atoms with van der Waals surface area (Å²) in [6.07, 6.45) is 0. The fraction of sp³-hybridized carbons (Fsp3) is 0.182. The van der Waals surface area contributed by atoms with Crippen molar-refractivity contribution in [3.63, 3.8) is 0 Å². The number of amides is 2. The third-order valence-corrected chi connectivity index (χ3v) is 4.03. The number of carbonyl (C=O) groups is 2. The largest absolute Gasteiger partial charge is 0.340 e. The Balaban J connectivity index is 1.76.